The van der Waals surface area contributed by atoms with E-state index in [9.17, 15) is 8.60 Å². The maximum atomic E-state index is 13.1. The molecule has 0 radical (unpaired) electrons. The summed E-state index contributed by atoms with van der Waals surface area (Å²) in [5.41, 5.74) is 1.52. The van der Waals surface area contributed by atoms with Crippen molar-refractivity contribution in [1.82, 2.24) is 0 Å². The molecule has 1 aliphatic heterocycles. The lowest BCUT2D eigenvalue weighted by molar-refractivity contribution is 0.171. The molecule has 1 heterocycles. The van der Waals surface area contributed by atoms with E-state index >= 15 is 0 Å². The smallest absolute Gasteiger partial charge is 0.179 e. The molecular formula is C16H14ClFO3S. The van der Waals surface area contributed by atoms with Crippen LogP contribution in [0.5, 0.6) is 11.5 Å². The van der Waals surface area contributed by atoms with Crippen molar-refractivity contribution in [2.75, 3.05) is 13.2 Å². The van der Waals surface area contributed by atoms with Gasteiger partial charge in [0.15, 0.2) is 11.5 Å². The number of halogens is 2. The molecule has 1 atom stereocenters. The molecule has 2 aromatic rings. The van der Waals surface area contributed by atoms with Gasteiger partial charge in [-0.05, 0) is 35.4 Å². The van der Waals surface area contributed by atoms with Crippen LogP contribution in [-0.2, 0) is 22.3 Å². The lowest BCUT2D eigenvalue weighted by Crippen LogP contribution is -2.16. The normalized spacial score (nSPS) is 14.6. The van der Waals surface area contributed by atoms with E-state index in [4.69, 9.17) is 21.1 Å². The van der Waals surface area contributed by atoms with Crippen molar-refractivity contribution in [2.24, 2.45) is 0 Å². The second-order valence-electron chi connectivity index (χ2n) is 4.96. The zero-order chi connectivity index (χ0) is 15.5. The first-order chi connectivity index (χ1) is 10.6. The van der Waals surface area contributed by atoms with Crippen molar-refractivity contribution >= 4 is 22.4 Å². The SMILES string of the molecule is O=S(Cc1cccc(F)c1)Cc1cc(Cl)c2c(c1)OCCO2. The summed E-state index contributed by atoms with van der Waals surface area (Å²) in [6.45, 7) is 0.941. The largest absolute Gasteiger partial charge is 0.486 e. The zero-order valence-corrected chi connectivity index (χ0v) is 13.3. The lowest BCUT2D eigenvalue weighted by atomic mass is 10.2. The molecule has 6 heteroatoms. The van der Waals surface area contributed by atoms with E-state index < -0.39 is 10.8 Å². The van der Waals surface area contributed by atoms with Crippen molar-refractivity contribution in [3.63, 3.8) is 0 Å². The molecule has 0 aliphatic carbocycles. The van der Waals surface area contributed by atoms with Gasteiger partial charge in [-0.1, -0.05) is 23.7 Å². The van der Waals surface area contributed by atoms with Gasteiger partial charge in [-0.2, -0.15) is 0 Å². The highest BCUT2D eigenvalue weighted by Crippen LogP contribution is 2.38. The third-order valence-corrected chi connectivity index (χ3v) is 4.79. The Bertz CT molecular complexity index is 721. The minimum Gasteiger partial charge on any atom is -0.486 e. The third kappa shape index (κ3) is 3.59. The molecule has 0 aromatic heterocycles. The first kappa shape index (κ1) is 15.3. The monoisotopic (exact) mass is 340 g/mol. The number of hydrogen-bond acceptors (Lipinski definition) is 3. The van der Waals surface area contributed by atoms with Gasteiger partial charge in [0.1, 0.15) is 19.0 Å². The maximum Gasteiger partial charge on any atom is 0.179 e. The Morgan fingerprint density at radius 3 is 2.68 bits per heavy atom. The van der Waals surface area contributed by atoms with Crippen LogP contribution in [0.4, 0.5) is 4.39 Å². The molecule has 1 aliphatic rings. The Morgan fingerprint density at radius 2 is 1.86 bits per heavy atom. The van der Waals surface area contributed by atoms with Gasteiger partial charge in [0.05, 0.1) is 5.02 Å². The Morgan fingerprint density at radius 1 is 1.09 bits per heavy atom. The van der Waals surface area contributed by atoms with E-state index in [2.05, 4.69) is 0 Å². The van der Waals surface area contributed by atoms with Crippen LogP contribution in [0.15, 0.2) is 36.4 Å². The highest BCUT2D eigenvalue weighted by molar-refractivity contribution is 7.83. The fourth-order valence-corrected chi connectivity index (χ4v) is 3.78. The van der Waals surface area contributed by atoms with Crippen LogP contribution in [0.3, 0.4) is 0 Å². The average molecular weight is 341 g/mol. The van der Waals surface area contributed by atoms with E-state index in [1.165, 1.54) is 12.1 Å². The lowest BCUT2D eigenvalue weighted by Gasteiger charge is -2.20. The van der Waals surface area contributed by atoms with Gasteiger partial charge in [-0.25, -0.2) is 4.39 Å². The van der Waals surface area contributed by atoms with Gasteiger partial charge in [-0.15, -0.1) is 0 Å². The number of benzene rings is 2. The summed E-state index contributed by atoms with van der Waals surface area (Å²) in [7, 11) is -1.16. The molecule has 0 saturated carbocycles. The topological polar surface area (TPSA) is 35.5 Å². The van der Waals surface area contributed by atoms with E-state index in [-0.39, 0.29) is 5.82 Å². The van der Waals surface area contributed by atoms with Crippen molar-refractivity contribution in [3.8, 4) is 11.5 Å². The Kier molecular flexibility index (Phi) is 4.64. The standard InChI is InChI=1S/C16H14ClFO3S/c17-14-7-12(8-15-16(14)21-5-4-20-15)10-22(19)9-11-2-1-3-13(18)6-11/h1-3,6-8H,4-5,9-10H2. The number of ether oxygens (including phenoxy) is 2. The summed E-state index contributed by atoms with van der Waals surface area (Å²) in [6, 6.07) is 9.67. The molecule has 3 rings (SSSR count). The summed E-state index contributed by atoms with van der Waals surface area (Å²) in [5.74, 6) is 1.41. The molecule has 3 nitrogen and oxygen atoms in total. The van der Waals surface area contributed by atoms with E-state index in [1.807, 2.05) is 0 Å². The van der Waals surface area contributed by atoms with Crippen LogP contribution in [0.2, 0.25) is 5.02 Å². The Labute approximate surface area is 135 Å². The average Bonchev–Trinajstić information content (AvgIpc) is 2.47. The van der Waals surface area contributed by atoms with Crippen molar-refractivity contribution in [3.05, 3.63) is 58.4 Å². The summed E-state index contributed by atoms with van der Waals surface area (Å²) in [5, 5.41) is 0.454. The van der Waals surface area contributed by atoms with Crippen molar-refractivity contribution in [2.45, 2.75) is 11.5 Å². The fraction of sp³-hybridized carbons (Fsp3) is 0.250. The Hall–Kier alpha value is -1.59. The molecule has 2 aromatic carbocycles. The van der Waals surface area contributed by atoms with Gasteiger partial charge in [0, 0.05) is 22.3 Å². The highest BCUT2D eigenvalue weighted by atomic mass is 35.5. The molecule has 22 heavy (non-hydrogen) atoms. The number of fused-ring (bicyclic) bond motifs is 1. The second-order valence-corrected chi connectivity index (χ2v) is 6.82. The van der Waals surface area contributed by atoms with Crippen LogP contribution < -0.4 is 9.47 Å². The minimum absolute atomic E-state index is 0.295. The van der Waals surface area contributed by atoms with Gasteiger partial charge in [0.25, 0.3) is 0 Å². The predicted octanol–water partition coefficient (Wildman–Crippen LogP) is 3.70. The summed E-state index contributed by atoms with van der Waals surface area (Å²) in [6.07, 6.45) is 0. The molecule has 0 fully saturated rings. The molecule has 0 saturated heterocycles. The highest BCUT2D eigenvalue weighted by Gasteiger charge is 2.17. The zero-order valence-electron chi connectivity index (χ0n) is 11.7. The number of rotatable bonds is 4. The quantitative estimate of drug-likeness (QED) is 0.851. The molecule has 0 bridgehead atoms. The van der Waals surface area contributed by atoms with E-state index in [0.29, 0.717) is 46.8 Å². The summed E-state index contributed by atoms with van der Waals surface area (Å²) in [4.78, 5) is 0. The van der Waals surface area contributed by atoms with Gasteiger partial charge < -0.3 is 9.47 Å². The van der Waals surface area contributed by atoms with Gasteiger partial charge >= 0.3 is 0 Å². The molecule has 0 amide bonds. The molecule has 1 unspecified atom stereocenters. The summed E-state index contributed by atoms with van der Waals surface area (Å²) >= 11 is 6.16. The van der Waals surface area contributed by atoms with E-state index in [0.717, 1.165) is 5.56 Å². The molecule has 116 valence electrons. The molecule has 0 N–H and O–H groups in total. The maximum absolute atomic E-state index is 13.1. The first-order valence-electron chi connectivity index (χ1n) is 6.79. The van der Waals surface area contributed by atoms with Gasteiger partial charge in [0.2, 0.25) is 0 Å². The van der Waals surface area contributed by atoms with Crippen LogP contribution >= 0.6 is 11.6 Å². The fourth-order valence-electron chi connectivity index (χ4n) is 2.30. The summed E-state index contributed by atoms with van der Waals surface area (Å²) < 4.78 is 36.3. The molecular weight excluding hydrogens is 327 g/mol. The van der Waals surface area contributed by atoms with Crippen molar-refractivity contribution < 1.29 is 18.1 Å². The third-order valence-electron chi connectivity index (χ3n) is 3.20. The van der Waals surface area contributed by atoms with Crippen LogP contribution in [-0.4, -0.2) is 17.4 Å². The van der Waals surface area contributed by atoms with Crippen LogP contribution in [0.1, 0.15) is 11.1 Å². The second kappa shape index (κ2) is 6.67. The van der Waals surface area contributed by atoms with Gasteiger partial charge in [-0.3, -0.25) is 4.21 Å². The Balaban J connectivity index is 1.73. The van der Waals surface area contributed by atoms with Crippen LogP contribution in [0, 0.1) is 5.82 Å². The first-order valence-corrected chi connectivity index (χ1v) is 8.66. The van der Waals surface area contributed by atoms with E-state index in [1.54, 1.807) is 24.3 Å². The minimum atomic E-state index is -1.16. The number of hydrogen-bond donors (Lipinski definition) is 0. The molecule has 0 spiro atoms. The van der Waals surface area contributed by atoms with Crippen LogP contribution in [0.25, 0.3) is 0 Å². The van der Waals surface area contributed by atoms with Crippen molar-refractivity contribution in [1.29, 1.82) is 0 Å². The predicted molar refractivity (Wildman–Crippen MR) is 84.4 cm³/mol.